The zero-order valence-corrected chi connectivity index (χ0v) is 16.4. The minimum atomic E-state index is 0.397. The quantitative estimate of drug-likeness (QED) is 0.420. The lowest BCUT2D eigenvalue weighted by atomic mass is 10.1. The van der Waals surface area contributed by atoms with Gasteiger partial charge in [-0.25, -0.2) is 4.98 Å². The fraction of sp³-hybridized carbons (Fsp3) is 0.217. The largest absolute Gasteiger partial charge is 0.452 e. The maximum absolute atomic E-state index is 6.16. The Kier molecular flexibility index (Phi) is 3.89. The number of nitrogens with one attached hydrogen (secondary N) is 2. The Bertz CT molecular complexity index is 1350. The van der Waals surface area contributed by atoms with Crippen LogP contribution in [-0.2, 0) is 0 Å². The van der Waals surface area contributed by atoms with Crippen molar-refractivity contribution in [2.24, 2.45) is 0 Å². The number of nitrogens with two attached hydrogens (primary N) is 1. The van der Waals surface area contributed by atoms with Crippen LogP contribution in [0.4, 0.5) is 5.82 Å². The van der Waals surface area contributed by atoms with Gasteiger partial charge in [0.1, 0.15) is 5.76 Å². The highest BCUT2D eigenvalue weighted by Crippen LogP contribution is 2.37. The van der Waals surface area contributed by atoms with E-state index in [-0.39, 0.29) is 0 Å². The number of furan rings is 1. The first kappa shape index (κ1) is 17.3. The van der Waals surface area contributed by atoms with Crippen LogP contribution in [0, 0.1) is 0 Å². The smallest absolute Gasteiger partial charge is 0.177 e. The molecule has 7 nitrogen and oxygen atoms in total. The Balaban J connectivity index is 1.44. The number of piperidine rings is 1. The topological polar surface area (TPSA) is 97.7 Å². The molecule has 5 heterocycles. The number of aromatic nitrogens is 4. The predicted octanol–water partition coefficient (Wildman–Crippen LogP) is 4.35. The number of rotatable bonds is 3. The molecule has 1 aliphatic rings. The van der Waals surface area contributed by atoms with E-state index in [0.717, 1.165) is 64.7 Å². The molecular formula is C23H22N6O. The lowest BCUT2D eigenvalue weighted by Crippen LogP contribution is -2.29. The Labute approximate surface area is 172 Å². The summed E-state index contributed by atoms with van der Waals surface area (Å²) in [6, 6.07) is 10.8. The van der Waals surface area contributed by atoms with E-state index in [9.17, 15) is 0 Å². The van der Waals surface area contributed by atoms with Crippen molar-refractivity contribution in [3.8, 4) is 22.5 Å². The van der Waals surface area contributed by atoms with Crippen molar-refractivity contribution in [3.05, 3.63) is 55.1 Å². The zero-order chi connectivity index (χ0) is 20.1. The number of hydrogen-bond donors (Lipinski definition) is 3. The van der Waals surface area contributed by atoms with Gasteiger partial charge in [-0.3, -0.25) is 4.68 Å². The number of nitrogen functional groups attached to an aromatic ring is 1. The third-order valence-corrected chi connectivity index (χ3v) is 6.02. The van der Waals surface area contributed by atoms with Gasteiger partial charge in [0.15, 0.2) is 11.4 Å². The molecule has 4 N–H and O–H groups in total. The van der Waals surface area contributed by atoms with Gasteiger partial charge in [0, 0.05) is 51.6 Å². The molecule has 0 amide bonds. The monoisotopic (exact) mass is 398 g/mol. The molecule has 0 spiro atoms. The van der Waals surface area contributed by atoms with Crippen LogP contribution in [-0.4, -0.2) is 32.8 Å². The molecule has 1 aliphatic heterocycles. The Hall–Kier alpha value is -3.58. The third-order valence-electron chi connectivity index (χ3n) is 6.02. The van der Waals surface area contributed by atoms with Crippen molar-refractivity contribution >= 4 is 27.7 Å². The van der Waals surface area contributed by atoms with Crippen LogP contribution in [0.2, 0.25) is 0 Å². The first-order chi connectivity index (χ1) is 14.8. The normalized spacial score (nSPS) is 15.3. The molecule has 150 valence electrons. The van der Waals surface area contributed by atoms with Crippen molar-refractivity contribution in [2.75, 3.05) is 18.8 Å². The molecule has 5 aromatic rings. The van der Waals surface area contributed by atoms with Crippen LogP contribution in [0.3, 0.4) is 0 Å². The summed E-state index contributed by atoms with van der Waals surface area (Å²) in [5.41, 5.74) is 10.9. The summed E-state index contributed by atoms with van der Waals surface area (Å²) in [6.45, 7) is 2.06. The van der Waals surface area contributed by atoms with Crippen LogP contribution in [0.25, 0.3) is 44.3 Å². The van der Waals surface area contributed by atoms with Crippen LogP contribution in [0.15, 0.2) is 59.5 Å². The Morgan fingerprint density at radius 1 is 1.07 bits per heavy atom. The molecule has 0 atom stereocenters. The number of fused-ring (bicyclic) bond motifs is 2. The Morgan fingerprint density at radius 2 is 1.97 bits per heavy atom. The molecule has 4 aromatic heterocycles. The molecular weight excluding hydrogens is 376 g/mol. The maximum atomic E-state index is 6.16. The fourth-order valence-corrected chi connectivity index (χ4v) is 4.37. The lowest BCUT2D eigenvalue weighted by molar-refractivity contribution is 0.343. The third kappa shape index (κ3) is 2.78. The lowest BCUT2D eigenvalue weighted by Gasteiger charge is -2.22. The molecule has 0 saturated carbocycles. The second-order valence-electron chi connectivity index (χ2n) is 7.88. The highest BCUT2D eigenvalue weighted by Gasteiger charge is 2.19. The van der Waals surface area contributed by atoms with Gasteiger partial charge in [0.2, 0.25) is 0 Å². The van der Waals surface area contributed by atoms with E-state index in [1.807, 2.05) is 18.6 Å². The zero-order valence-electron chi connectivity index (χ0n) is 16.4. The minimum Gasteiger partial charge on any atom is -0.452 e. The average molecular weight is 398 g/mol. The number of aromatic amines is 1. The molecule has 0 bridgehead atoms. The van der Waals surface area contributed by atoms with Gasteiger partial charge in [-0.2, -0.15) is 5.10 Å². The summed E-state index contributed by atoms with van der Waals surface area (Å²) in [7, 11) is 0. The number of hydrogen-bond acceptors (Lipinski definition) is 5. The van der Waals surface area contributed by atoms with E-state index >= 15 is 0 Å². The van der Waals surface area contributed by atoms with E-state index in [2.05, 4.69) is 61.6 Å². The van der Waals surface area contributed by atoms with E-state index in [1.54, 1.807) is 0 Å². The summed E-state index contributed by atoms with van der Waals surface area (Å²) in [6.07, 6.45) is 9.96. The number of benzene rings is 1. The van der Waals surface area contributed by atoms with Gasteiger partial charge in [-0.15, -0.1) is 0 Å². The van der Waals surface area contributed by atoms with Crippen molar-refractivity contribution in [2.45, 2.75) is 18.9 Å². The van der Waals surface area contributed by atoms with Crippen molar-refractivity contribution < 1.29 is 4.42 Å². The molecule has 6 rings (SSSR count). The summed E-state index contributed by atoms with van der Waals surface area (Å²) < 4.78 is 8.24. The van der Waals surface area contributed by atoms with Gasteiger partial charge >= 0.3 is 0 Å². The molecule has 7 heteroatoms. The van der Waals surface area contributed by atoms with Gasteiger partial charge in [0.05, 0.1) is 12.2 Å². The Morgan fingerprint density at radius 3 is 2.87 bits per heavy atom. The van der Waals surface area contributed by atoms with E-state index in [4.69, 9.17) is 10.2 Å². The average Bonchev–Trinajstić information content (AvgIpc) is 3.53. The fourth-order valence-electron chi connectivity index (χ4n) is 4.37. The van der Waals surface area contributed by atoms with E-state index < -0.39 is 0 Å². The molecule has 1 saturated heterocycles. The summed E-state index contributed by atoms with van der Waals surface area (Å²) in [5.74, 6) is 1.17. The number of anilines is 1. The summed E-state index contributed by atoms with van der Waals surface area (Å²) >= 11 is 0. The predicted molar refractivity (Wildman–Crippen MR) is 118 cm³/mol. The molecule has 30 heavy (non-hydrogen) atoms. The van der Waals surface area contributed by atoms with Crippen LogP contribution in [0.1, 0.15) is 18.9 Å². The van der Waals surface area contributed by atoms with Gasteiger partial charge < -0.3 is 20.5 Å². The summed E-state index contributed by atoms with van der Waals surface area (Å²) in [5, 5.41) is 10.1. The molecule has 1 fully saturated rings. The second-order valence-corrected chi connectivity index (χ2v) is 7.88. The first-order valence-corrected chi connectivity index (χ1v) is 10.3. The molecule has 0 radical (unpaired) electrons. The van der Waals surface area contributed by atoms with Gasteiger partial charge in [0.25, 0.3) is 0 Å². The van der Waals surface area contributed by atoms with Crippen molar-refractivity contribution in [3.63, 3.8) is 0 Å². The van der Waals surface area contributed by atoms with E-state index in [0.29, 0.717) is 17.4 Å². The summed E-state index contributed by atoms with van der Waals surface area (Å²) in [4.78, 5) is 7.61. The number of nitrogens with zero attached hydrogens (tertiary/aromatic N) is 3. The molecule has 0 unspecified atom stereocenters. The van der Waals surface area contributed by atoms with Crippen molar-refractivity contribution in [1.82, 2.24) is 25.1 Å². The highest BCUT2D eigenvalue weighted by atomic mass is 16.3. The maximum Gasteiger partial charge on any atom is 0.177 e. The standard InChI is InChI=1S/C23H22N6O/c24-23-22-18(10-21(30-22)15-1-2-20-14(9-15)3-8-26-20)19(12-27-23)16-11-28-29(13-16)17-4-6-25-7-5-17/h1-3,8-13,17,25-26H,4-7H2,(H2,24,27). The van der Waals surface area contributed by atoms with E-state index in [1.165, 1.54) is 0 Å². The molecule has 1 aromatic carbocycles. The highest BCUT2D eigenvalue weighted by molar-refractivity contribution is 6.00. The van der Waals surface area contributed by atoms with Crippen LogP contribution in [0.5, 0.6) is 0 Å². The first-order valence-electron chi connectivity index (χ1n) is 10.3. The van der Waals surface area contributed by atoms with Crippen LogP contribution < -0.4 is 11.1 Å². The van der Waals surface area contributed by atoms with Crippen molar-refractivity contribution in [1.29, 1.82) is 0 Å². The minimum absolute atomic E-state index is 0.397. The number of H-pyrrole nitrogens is 1. The SMILES string of the molecule is Nc1ncc(-c2cnn(C3CCNCC3)c2)c2cc(-c3ccc4[nH]ccc4c3)oc12. The van der Waals surface area contributed by atoms with Crippen LogP contribution >= 0.6 is 0 Å². The second kappa shape index (κ2) is 6.74. The van der Waals surface area contributed by atoms with Gasteiger partial charge in [-0.05, 0) is 56.3 Å². The number of pyridine rings is 1. The molecule has 0 aliphatic carbocycles. The van der Waals surface area contributed by atoms with Gasteiger partial charge in [-0.1, -0.05) is 0 Å².